The lowest BCUT2D eigenvalue weighted by atomic mass is 10.1. The van der Waals surface area contributed by atoms with Crippen molar-refractivity contribution in [2.75, 3.05) is 33.4 Å². The molecule has 28 heavy (non-hydrogen) atoms. The second-order valence-electron chi connectivity index (χ2n) is 6.30. The molecule has 1 heterocycles. The standard InChI is InChI=1S/C20H32N6O2/c1-5-19-25-24-15-26(19)10-9-22-20(21-4)23-14-17-8-7-16(3)13-18(17)28-12-11-27-6-2/h7-8,13,15H,5-6,9-12,14H2,1-4H3,(H2,21,22,23). The van der Waals surface area contributed by atoms with Crippen molar-refractivity contribution >= 4 is 5.96 Å². The number of hydrogen-bond acceptors (Lipinski definition) is 5. The zero-order valence-corrected chi connectivity index (χ0v) is 17.4. The average molecular weight is 389 g/mol. The Hall–Kier alpha value is -2.61. The van der Waals surface area contributed by atoms with Gasteiger partial charge in [0.15, 0.2) is 5.96 Å². The van der Waals surface area contributed by atoms with E-state index < -0.39 is 0 Å². The predicted octanol–water partition coefficient (Wildman–Crippen LogP) is 1.93. The van der Waals surface area contributed by atoms with Gasteiger partial charge in [-0.3, -0.25) is 4.99 Å². The van der Waals surface area contributed by atoms with Crippen molar-refractivity contribution in [3.05, 3.63) is 41.5 Å². The van der Waals surface area contributed by atoms with E-state index in [1.165, 1.54) is 5.56 Å². The van der Waals surface area contributed by atoms with Gasteiger partial charge in [0.05, 0.1) is 6.61 Å². The van der Waals surface area contributed by atoms with Crippen molar-refractivity contribution < 1.29 is 9.47 Å². The molecule has 0 amide bonds. The number of ether oxygens (including phenoxy) is 2. The molecule has 8 heteroatoms. The van der Waals surface area contributed by atoms with E-state index in [1.807, 2.05) is 11.5 Å². The van der Waals surface area contributed by atoms with Crippen LogP contribution in [0.25, 0.3) is 0 Å². The Balaban J connectivity index is 1.85. The van der Waals surface area contributed by atoms with Crippen LogP contribution in [0.5, 0.6) is 5.75 Å². The third-order valence-corrected chi connectivity index (χ3v) is 4.24. The fourth-order valence-corrected chi connectivity index (χ4v) is 2.73. The largest absolute Gasteiger partial charge is 0.491 e. The average Bonchev–Trinajstić information content (AvgIpc) is 3.16. The summed E-state index contributed by atoms with van der Waals surface area (Å²) in [6, 6.07) is 6.22. The maximum absolute atomic E-state index is 5.90. The van der Waals surface area contributed by atoms with Crippen LogP contribution in [-0.4, -0.2) is 54.1 Å². The van der Waals surface area contributed by atoms with Crippen LogP contribution in [0, 0.1) is 6.92 Å². The molecule has 8 nitrogen and oxygen atoms in total. The van der Waals surface area contributed by atoms with Crippen LogP contribution in [0.4, 0.5) is 0 Å². The van der Waals surface area contributed by atoms with E-state index in [-0.39, 0.29) is 0 Å². The number of aliphatic imine (C=N–C) groups is 1. The lowest BCUT2D eigenvalue weighted by molar-refractivity contribution is 0.110. The number of hydrogen-bond donors (Lipinski definition) is 2. The lowest BCUT2D eigenvalue weighted by Crippen LogP contribution is -2.38. The van der Waals surface area contributed by atoms with Crippen molar-refractivity contribution in [3.8, 4) is 5.75 Å². The Morgan fingerprint density at radius 3 is 2.82 bits per heavy atom. The minimum Gasteiger partial charge on any atom is -0.491 e. The molecule has 0 aliphatic carbocycles. The number of aryl methyl sites for hydroxylation is 2. The number of nitrogens with one attached hydrogen (secondary N) is 2. The van der Waals surface area contributed by atoms with Crippen LogP contribution in [0.1, 0.15) is 30.8 Å². The van der Waals surface area contributed by atoms with Gasteiger partial charge in [-0.25, -0.2) is 0 Å². The fourth-order valence-electron chi connectivity index (χ4n) is 2.73. The van der Waals surface area contributed by atoms with Gasteiger partial charge in [0.25, 0.3) is 0 Å². The molecule has 0 bridgehead atoms. The number of guanidine groups is 1. The molecule has 0 aliphatic rings. The quantitative estimate of drug-likeness (QED) is 0.348. The van der Waals surface area contributed by atoms with E-state index in [1.54, 1.807) is 13.4 Å². The van der Waals surface area contributed by atoms with Gasteiger partial charge in [-0.2, -0.15) is 0 Å². The first kappa shape index (κ1) is 21.7. The first-order chi connectivity index (χ1) is 13.7. The second kappa shape index (κ2) is 12.0. The summed E-state index contributed by atoms with van der Waals surface area (Å²) < 4.78 is 13.3. The summed E-state index contributed by atoms with van der Waals surface area (Å²) in [6.07, 6.45) is 2.63. The van der Waals surface area contributed by atoms with Crippen LogP contribution in [0.2, 0.25) is 0 Å². The van der Waals surface area contributed by atoms with Gasteiger partial charge >= 0.3 is 0 Å². The van der Waals surface area contributed by atoms with Crippen LogP contribution in [-0.2, 0) is 24.2 Å². The summed E-state index contributed by atoms with van der Waals surface area (Å²) in [7, 11) is 1.76. The molecule has 0 unspecified atom stereocenters. The predicted molar refractivity (Wildman–Crippen MR) is 111 cm³/mol. The monoisotopic (exact) mass is 388 g/mol. The summed E-state index contributed by atoms with van der Waals surface area (Å²) in [5.41, 5.74) is 2.25. The molecule has 1 aromatic carbocycles. The third kappa shape index (κ3) is 6.84. The Morgan fingerprint density at radius 2 is 2.07 bits per heavy atom. The summed E-state index contributed by atoms with van der Waals surface area (Å²) in [5.74, 6) is 2.60. The van der Waals surface area contributed by atoms with Gasteiger partial charge in [0.2, 0.25) is 0 Å². The topological polar surface area (TPSA) is 85.6 Å². The number of rotatable bonds is 11. The molecule has 0 radical (unpaired) electrons. The van der Waals surface area contributed by atoms with Crippen LogP contribution in [0.3, 0.4) is 0 Å². The van der Waals surface area contributed by atoms with E-state index >= 15 is 0 Å². The first-order valence-corrected chi connectivity index (χ1v) is 9.79. The molecule has 0 saturated carbocycles. The first-order valence-electron chi connectivity index (χ1n) is 9.79. The van der Waals surface area contributed by atoms with Gasteiger partial charge in [-0.15, -0.1) is 10.2 Å². The Labute approximate surface area is 167 Å². The van der Waals surface area contributed by atoms with E-state index in [9.17, 15) is 0 Å². The molecule has 0 fully saturated rings. The van der Waals surface area contributed by atoms with Crippen molar-refractivity contribution in [2.24, 2.45) is 4.99 Å². The zero-order valence-electron chi connectivity index (χ0n) is 17.4. The Kier molecular flexibility index (Phi) is 9.27. The maximum atomic E-state index is 5.90. The highest BCUT2D eigenvalue weighted by Gasteiger charge is 2.07. The van der Waals surface area contributed by atoms with Crippen LogP contribution >= 0.6 is 0 Å². The van der Waals surface area contributed by atoms with Gasteiger partial charge < -0.3 is 24.7 Å². The molecule has 0 atom stereocenters. The second-order valence-corrected chi connectivity index (χ2v) is 6.30. The van der Waals surface area contributed by atoms with Gasteiger partial charge in [0, 0.05) is 45.3 Å². The molecule has 1 aromatic heterocycles. The number of aromatic nitrogens is 3. The molecular formula is C20H32N6O2. The molecular weight excluding hydrogens is 356 g/mol. The van der Waals surface area contributed by atoms with Gasteiger partial charge in [0.1, 0.15) is 24.5 Å². The SMILES string of the molecule is CCOCCOc1cc(C)ccc1CNC(=NC)NCCn1cnnc1CC. The smallest absolute Gasteiger partial charge is 0.191 e. The van der Waals surface area contributed by atoms with E-state index in [0.29, 0.717) is 26.4 Å². The fraction of sp³-hybridized carbons (Fsp3) is 0.550. The maximum Gasteiger partial charge on any atom is 0.191 e. The Bertz CT molecular complexity index is 744. The van der Waals surface area contributed by atoms with Crippen molar-refractivity contribution in [1.29, 1.82) is 0 Å². The minimum atomic E-state index is 0.538. The molecule has 2 N–H and O–H groups in total. The number of nitrogens with zero attached hydrogens (tertiary/aromatic N) is 4. The van der Waals surface area contributed by atoms with Crippen molar-refractivity contribution in [3.63, 3.8) is 0 Å². The highest BCUT2D eigenvalue weighted by Crippen LogP contribution is 2.20. The molecule has 0 saturated heterocycles. The summed E-state index contributed by atoms with van der Waals surface area (Å²) in [4.78, 5) is 4.29. The van der Waals surface area contributed by atoms with E-state index in [2.05, 4.69) is 57.9 Å². The molecule has 0 spiro atoms. The zero-order chi connectivity index (χ0) is 20.2. The highest BCUT2D eigenvalue weighted by atomic mass is 16.5. The lowest BCUT2D eigenvalue weighted by Gasteiger charge is -2.16. The van der Waals surface area contributed by atoms with Gasteiger partial charge in [-0.05, 0) is 25.5 Å². The summed E-state index contributed by atoms with van der Waals surface area (Å²) >= 11 is 0. The van der Waals surface area contributed by atoms with E-state index in [4.69, 9.17) is 9.47 Å². The molecule has 2 rings (SSSR count). The highest BCUT2D eigenvalue weighted by molar-refractivity contribution is 5.79. The van der Waals surface area contributed by atoms with Crippen molar-refractivity contribution in [1.82, 2.24) is 25.4 Å². The summed E-state index contributed by atoms with van der Waals surface area (Å²) in [5, 5.41) is 14.7. The summed E-state index contributed by atoms with van der Waals surface area (Å²) in [6.45, 7) is 10.1. The third-order valence-electron chi connectivity index (χ3n) is 4.24. The Morgan fingerprint density at radius 1 is 1.21 bits per heavy atom. The van der Waals surface area contributed by atoms with Crippen LogP contribution < -0.4 is 15.4 Å². The van der Waals surface area contributed by atoms with Crippen molar-refractivity contribution in [2.45, 2.75) is 40.3 Å². The van der Waals surface area contributed by atoms with Crippen LogP contribution in [0.15, 0.2) is 29.5 Å². The van der Waals surface area contributed by atoms with E-state index in [0.717, 1.165) is 42.6 Å². The van der Waals surface area contributed by atoms with Gasteiger partial charge in [-0.1, -0.05) is 19.1 Å². The number of benzene rings is 1. The minimum absolute atomic E-state index is 0.538. The molecule has 0 aliphatic heterocycles. The molecule has 2 aromatic rings. The normalized spacial score (nSPS) is 11.5. The molecule has 154 valence electrons.